The minimum absolute atomic E-state index is 0.0639. The predicted molar refractivity (Wildman–Crippen MR) is 82.9 cm³/mol. The molecule has 1 aliphatic rings. The number of hydrogen-bond acceptors (Lipinski definition) is 3. The lowest BCUT2D eigenvalue weighted by Gasteiger charge is -2.23. The van der Waals surface area contributed by atoms with E-state index in [2.05, 4.69) is 29.6 Å². The molecule has 2 rings (SSSR count). The largest absolute Gasteiger partial charge is 0.338 e. The topological polar surface area (TPSA) is 59.0 Å². The van der Waals surface area contributed by atoms with E-state index in [-0.39, 0.29) is 10.8 Å². The molecular formula is C14H24N4OS. The van der Waals surface area contributed by atoms with Gasteiger partial charge in [0, 0.05) is 36.8 Å². The van der Waals surface area contributed by atoms with Crippen molar-refractivity contribution in [1.29, 1.82) is 0 Å². The highest BCUT2D eigenvalue weighted by Crippen LogP contribution is 2.36. The molecule has 1 fully saturated rings. The Morgan fingerprint density at radius 2 is 2.40 bits per heavy atom. The molecule has 2 N–H and O–H groups in total. The molecule has 1 aromatic heterocycles. The Labute approximate surface area is 124 Å². The SMILES string of the molecule is CC(CNC(=O)NCC1(C)CCCS1)Cn1cccn1. The van der Waals surface area contributed by atoms with Crippen molar-refractivity contribution in [3.8, 4) is 0 Å². The molecular weight excluding hydrogens is 272 g/mol. The lowest BCUT2D eigenvalue weighted by molar-refractivity contribution is 0.237. The van der Waals surface area contributed by atoms with Crippen LogP contribution in [0.4, 0.5) is 4.79 Å². The average molecular weight is 296 g/mol. The summed E-state index contributed by atoms with van der Waals surface area (Å²) < 4.78 is 2.11. The van der Waals surface area contributed by atoms with Crippen LogP contribution in [0.3, 0.4) is 0 Å². The van der Waals surface area contributed by atoms with E-state index in [0.29, 0.717) is 12.5 Å². The van der Waals surface area contributed by atoms with Crippen LogP contribution in [-0.2, 0) is 6.54 Å². The molecule has 5 nitrogen and oxygen atoms in total. The van der Waals surface area contributed by atoms with Crippen molar-refractivity contribution in [3.05, 3.63) is 18.5 Å². The van der Waals surface area contributed by atoms with Gasteiger partial charge in [0.2, 0.25) is 0 Å². The number of nitrogens with zero attached hydrogens (tertiary/aromatic N) is 2. The summed E-state index contributed by atoms with van der Waals surface area (Å²) in [5.74, 6) is 1.57. The van der Waals surface area contributed by atoms with Gasteiger partial charge in [-0.1, -0.05) is 6.92 Å². The van der Waals surface area contributed by atoms with Gasteiger partial charge in [-0.3, -0.25) is 4.68 Å². The van der Waals surface area contributed by atoms with Crippen LogP contribution >= 0.6 is 11.8 Å². The van der Waals surface area contributed by atoms with Gasteiger partial charge in [0.05, 0.1) is 0 Å². The Hall–Kier alpha value is -1.17. The van der Waals surface area contributed by atoms with Gasteiger partial charge in [0.1, 0.15) is 0 Å². The van der Waals surface area contributed by atoms with Crippen molar-refractivity contribution in [1.82, 2.24) is 20.4 Å². The Kier molecular flexibility index (Phi) is 5.34. The van der Waals surface area contributed by atoms with Crippen molar-refractivity contribution >= 4 is 17.8 Å². The van der Waals surface area contributed by atoms with Crippen molar-refractivity contribution in [2.24, 2.45) is 5.92 Å². The van der Waals surface area contributed by atoms with Crippen molar-refractivity contribution in [2.75, 3.05) is 18.8 Å². The zero-order valence-electron chi connectivity index (χ0n) is 12.3. The van der Waals surface area contributed by atoms with Crippen LogP contribution in [-0.4, -0.2) is 39.4 Å². The van der Waals surface area contributed by atoms with Crippen molar-refractivity contribution in [2.45, 2.75) is 38.0 Å². The van der Waals surface area contributed by atoms with E-state index in [4.69, 9.17) is 0 Å². The molecule has 1 aliphatic heterocycles. The molecule has 0 aliphatic carbocycles. The normalized spacial score (nSPS) is 23.5. The number of nitrogens with one attached hydrogen (secondary N) is 2. The molecule has 112 valence electrons. The van der Waals surface area contributed by atoms with Crippen LogP contribution in [0.2, 0.25) is 0 Å². The molecule has 1 saturated heterocycles. The minimum atomic E-state index is -0.0639. The van der Waals surface area contributed by atoms with Crippen LogP contribution in [0.15, 0.2) is 18.5 Å². The number of aromatic nitrogens is 2. The lowest BCUT2D eigenvalue weighted by Crippen LogP contribution is -2.43. The number of carbonyl (C=O) groups excluding carboxylic acids is 1. The van der Waals surface area contributed by atoms with Gasteiger partial charge in [0.25, 0.3) is 0 Å². The first kappa shape index (κ1) is 15.2. The van der Waals surface area contributed by atoms with Gasteiger partial charge < -0.3 is 10.6 Å². The van der Waals surface area contributed by atoms with E-state index in [9.17, 15) is 4.79 Å². The average Bonchev–Trinajstić information content (AvgIpc) is 3.06. The maximum Gasteiger partial charge on any atom is 0.314 e. The summed E-state index contributed by atoms with van der Waals surface area (Å²) in [7, 11) is 0. The molecule has 20 heavy (non-hydrogen) atoms. The molecule has 2 amide bonds. The zero-order chi connectivity index (χ0) is 14.4. The molecule has 2 heterocycles. The molecule has 0 spiro atoms. The van der Waals surface area contributed by atoms with Crippen LogP contribution < -0.4 is 10.6 Å². The summed E-state index contributed by atoms with van der Waals surface area (Å²) in [6, 6.07) is 1.85. The van der Waals surface area contributed by atoms with E-state index in [1.54, 1.807) is 6.20 Å². The van der Waals surface area contributed by atoms with Crippen molar-refractivity contribution in [3.63, 3.8) is 0 Å². The molecule has 0 bridgehead atoms. The zero-order valence-corrected chi connectivity index (χ0v) is 13.1. The molecule has 0 radical (unpaired) electrons. The summed E-state index contributed by atoms with van der Waals surface area (Å²) in [6.45, 7) is 6.56. The summed E-state index contributed by atoms with van der Waals surface area (Å²) in [5.41, 5.74) is 0. The highest BCUT2D eigenvalue weighted by atomic mass is 32.2. The Morgan fingerprint density at radius 1 is 1.55 bits per heavy atom. The summed E-state index contributed by atoms with van der Waals surface area (Å²) >= 11 is 1.96. The third-order valence-electron chi connectivity index (χ3n) is 3.59. The van der Waals surface area contributed by atoms with Gasteiger partial charge in [-0.15, -0.1) is 0 Å². The first-order valence-electron chi connectivity index (χ1n) is 7.20. The highest BCUT2D eigenvalue weighted by Gasteiger charge is 2.29. The second kappa shape index (κ2) is 7.02. The predicted octanol–water partition coefficient (Wildman–Crippen LogP) is 2.10. The second-order valence-corrected chi connectivity index (χ2v) is 7.48. The minimum Gasteiger partial charge on any atom is -0.338 e. The Balaban J connectivity index is 1.62. The summed E-state index contributed by atoms with van der Waals surface area (Å²) in [5, 5.41) is 10.1. The Morgan fingerprint density at radius 3 is 3.05 bits per heavy atom. The molecule has 6 heteroatoms. The fourth-order valence-electron chi connectivity index (χ4n) is 2.37. The quantitative estimate of drug-likeness (QED) is 0.845. The van der Waals surface area contributed by atoms with E-state index in [1.165, 1.54) is 18.6 Å². The van der Waals surface area contributed by atoms with E-state index < -0.39 is 0 Å². The van der Waals surface area contributed by atoms with Crippen LogP contribution in [0.5, 0.6) is 0 Å². The first-order valence-corrected chi connectivity index (χ1v) is 8.19. The molecule has 0 aromatic carbocycles. The van der Waals surface area contributed by atoms with E-state index in [1.807, 2.05) is 28.7 Å². The number of amides is 2. The number of carbonyl (C=O) groups is 1. The Bertz CT molecular complexity index is 415. The van der Waals surface area contributed by atoms with Crippen molar-refractivity contribution < 1.29 is 4.79 Å². The number of thioether (sulfide) groups is 1. The standard InChI is InChI=1S/C14H24N4OS/c1-12(10-18-7-4-6-17-18)9-15-13(19)16-11-14(2)5-3-8-20-14/h4,6-7,12H,3,5,8-11H2,1-2H3,(H2,15,16,19). The lowest BCUT2D eigenvalue weighted by atomic mass is 10.1. The number of hydrogen-bond donors (Lipinski definition) is 2. The summed E-state index contributed by atoms with van der Waals surface area (Å²) in [4.78, 5) is 11.8. The van der Waals surface area contributed by atoms with Gasteiger partial charge in [-0.25, -0.2) is 4.79 Å². The molecule has 0 saturated carbocycles. The van der Waals surface area contributed by atoms with Crippen LogP contribution in [0, 0.1) is 5.92 Å². The third-order valence-corrected chi connectivity index (χ3v) is 5.13. The van der Waals surface area contributed by atoms with Crippen LogP contribution in [0.1, 0.15) is 26.7 Å². The fraction of sp³-hybridized carbons (Fsp3) is 0.714. The highest BCUT2D eigenvalue weighted by molar-refractivity contribution is 8.00. The van der Waals surface area contributed by atoms with Gasteiger partial charge in [-0.2, -0.15) is 16.9 Å². The van der Waals surface area contributed by atoms with E-state index >= 15 is 0 Å². The van der Waals surface area contributed by atoms with Gasteiger partial charge >= 0.3 is 6.03 Å². The molecule has 2 atom stereocenters. The number of urea groups is 1. The monoisotopic (exact) mass is 296 g/mol. The van der Waals surface area contributed by atoms with E-state index in [0.717, 1.165) is 13.1 Å². The third kappa shape index (κ3) is 4.74. The summed E-state index contributed by atoms with van der Waals surface area (Å²) in [6.07, 6.45) is 6.15. The maximum absolute atomic E-state index is 11.8. The maximum atomic E-state index is 11.8. The first-order chi connectivity index (χ1) is 9.57. The smallest absolute Gasteiger partial charge is 0.314 e. The molecule has 1 aromatic rings. The van der Waals surface area contributed by atoms with Gasteiger partial charge in [-0.05, 0) is 37.5 Å². The fourth-order valence-corrected chi connectivity index (χ4v) is 3.61. The molecule has 2 unspecified atom stereocenters. The van der Waals surface area contributed by atoms with Gasteiger partial charge in [0.15, 0.2) is 0 Å². The second-order valence-electron chi connectivity index (χ2n) is 5.80. The number of rotatable bonds is 6. The van der Waals surface area contributed by atoms with Crippen LogP contribution in [0.25, 0.3) is 0 Å².